The smallest absolute Gasteiger partial charge is 0.237 e. The molecule has 1 aromatic heterocycles. The molecule has 0 aromatic carbocycles. The van der Waals surface area contributed by atoms with Gasteiger partial charge in [-0.15, -0.1) is 0 Å². The van der Waals surface area contributed by atoms with Crippen LogP contribution in [0.4, 0.5) is 0 Å². The van der Waals surface area contributed by atoms with Gasteiger partial charge in [0.2, 0.25) is 11.8 Å². The molecule has 1 aromatic rings. The van der Waals surface area contributed by atoms with Gasteiger partial charge in [0.25, 0.3) is 0 Å². The Morgan fingerprint density at radius 2 is 2.00 bits per heavy atom. The number of carbonyl (C=O) groups is 2. The summed E-state index contributed by atoms with van der Waals surface area (Å²) in [4.78, 5) is 31.3. The summed E-state index contributed by atoms with van der Waals surface area (Å²) < 4.78 is 0. The maximum absolute atomic E-state index is 12.9. The predicted molar refractivity (Wildman–Crippen MR) is 89.5 cm³/mol. The Labute approximate surface area is 138 Å². The number of carbonyl (C=O) groups excluding carboxylic acids is 2. The molecule has 0 radical (unpaired) electrons. The predicted octanol–water partition coefficient (Wildman–Crippen LogP) is 2.52. The van der Waals surface area contributed by atoms with Crippen LogP contribution in [0, 0.1) is 5.41 Å². The first kappa shape index (κ1) is 17.4. The number of nitrogens with one attached hydrogen (secondary N) is 1. The van der Waals surface area contributed by atoms with Crippen molar-refractivity contribution in [3.63, 3.8) is 0 Å². The molecule has 2 amide bonds. The van der Waals surface area contributed by atoms with Gasteiger partial charge in [-0.05, 0) is 57.2 Å². The van der Waals surface area contributed by atoms with Gasteiger partial charge in [-0.3, -0.25) is 14.6 Å². The van der Waals surface area contributed by atoms with Gasteiger partial charge in [-0.1, -0.05) is 6.92 Å². The monoisotopic (exact) mass is 317 g/mol. The molecule has 0 bridgehead atoms. The van der Waals surface area contributed by atoms with Crippen molar-refractivity contribution in [3.05, 3.63) is 30.1 Å². The second kappa shape index (κ2) is 7.57. The number of amides is 2. The third-order valence-corrected chi connectivity index (χ3v) is 4.66. The van der Waals surface area contributed by atoms with Crippen LogP contribution in [0.1, 0.15) is 52.0 Å². The third kappa shape index (κ3) is 4.09. The van der Waals surface area contributed by atoms with Crippen LogP contribution >= 0.6 is 0 Å². The molecular formula is C18H27N3O2. The first-order valence-corrected chi connectivity index (χ1v) is 8.45. The van der Waals surface area contributed by atoms with Gasteiger partial charge in [-0.2, -0.15) is 0 Å². The van der Waals surface area contributed by atoms with E-state index in [-0.39, 0.29) is 17.9 Å². The molecule has 2 heterocycles. The van der Waals surface area contributed by atoms with Gasteiger partial charge in [0.05, 0.1) is 0 Å². The van der Waals surface area contributed by atoms with Crippen molar-refractivity contribution in [2.75, 3.05) is 6.54 Å². The first-order chi connectivity index (χ1) is 11.0. The average molecular weight is 317 g/mol. The van der Waals surface area contributed by atoms with Crippen molar-refractivity contribution in [2.45, 2.75) is 59.0 Å². The van der Waals surface area contributed by atoms with Crippen LogP contribution in [0.2, 0.25) is 0 Å². The van der Waals surface area contributed by atoms with E-state index in [9.17, 15) is 9.59 Å². The summed E-state index contributed by atoms with van der Waals surface area (Å²) in [7, 11) is 0. The van der Waals surface area contributed by atoms with Crippen molar-refractivity contribution >= 4 is 11.8 Å². The average Bonchev–Trinajstić information content (AvgIpc) is 2.59. The summed E-state index contributed by atoms with van der Waals surface area (Å²) >= 11 is 0. The highest BCUT2D eigenvalue weighted by atomic mass is 16.2. The lowest BCUT2D eigenvalue weighted by atomic mass is 9.87. The lowest BCUT2D eigenvalue weighted by Crippen LogP contribution is -2.53. The highest BCUT2D eigenvalue weighted by Crippen LogP contribution is 2.27. The molecule has 2 rings (SSSR count). The Morgan fingerprint density at radius 3 is 2.65 bits per heavy atom. The SMILES string of the molecule is CCC1CCCCN1C(=O)C(C)(C)C(=O)NCc1ccncc1. The van der Waals surface area contributed by atoms with Crippen LogP contribution < -0.4 is 5.32 Å². The number of piperidine rings is 1. The van der Waals surface area contributed by atoms with Crippen molar-refractivity contribution < 1.29 is 9.59 Å². The van der Waals surface area contributed by atoms with E-state index in [1.54, 1.807) is 26.2 Å². The fourth-order valence-electron chi connectivity index (χ4n) is 3.05. The zero-order valence-electron chi connectivity index (χ0n) is 14.3. The number of aromatic nitrogens is 1. The zero-order chi connectivity index (χ0) is 16.9. The van der Waals surface area contributed by atoms with E-state index in [1.807, 2.05) is 17.0 Å². The molecule has 1 fully saturated rings. The molecule has 1 saturated heterocycles. The minimum atomic E-state index is -1.04. The van der Waals surface area contributed by atoms with Crippen LogP contribution in [0.5, 0.6) is 0 Å². The molecule has 1 aliphatic rings. The zero-order valence-corrected chi connectivity index (χ0v) is 14.3. The molecule has 5 heteroatoms. The van der Waals surface area contributed by atoms with Crippen molar-refractivity contribution in [2.24, 2.45) is 5.41 Å². The van der Waals surface area contributed by atoms with E-state index >= 15 is 0 Å². The van der Waals surface area contributed by atoms with E-state index in [0.29, 0.717) is 6.54 Å². The molecule has 0 aliphatic carbocycles. The fraction of sp³-hybridized carbons (Fsp3) is 0.611. The second-order valence-corrected chi connectivity index (χ2v) is 6.72. The lowest BCUT2D eigenvalue weighted by molar-refractivity contribution is -0.151. The minimum Gasteiger partial charge on any atom is -0.351 e. The Morgan fingerprint density at radius 1 is 1.30 bits per heavy atom. The van der Waals surface area contributed by atoms with Crippen LogP contribution in [0.15, 0.2) is 24.5 Å². The van der Waals surface area contributed by atoms with Gasteiger partial charge in [-0.25, -0.2) is 0 Å². The maximum atomic E-state index is 12.9. The number of pyridine rings is 1. The molecule has 1 N–H and O–H groups in total. The first-order valence-electron chi connectivity index (χ1n) is 8.45. The van der Waals surface area contributed by atoms with Gasteiger partial charge in [0, 0.05) is 31.5 Å². The van der Waals surface area contributed by atoms with E-state index in [0.717, 1.165) is 37.8 Å². The normalized spacial score (nSPS) is 18.6. The lowest BCUT2D eigenvalue weighted by Gasteiger charge is -2.39. The molecule has 1 atom stereocenters. The van der Waals surface area contributed by atoms with E-state index in [4.69, 9.17) is 0 Å². The van der Waals surface area contributed by atoms with Gasteiger partial charge < -0.3 is 10.2 Å². The summed E-state index contributed by atoms with van der Waals surface area (Å²) in [6, 6.07) is 3.98. The molecule has 1 unspecified atom stereocenters. The molecule has 0 saturated carbocycles. The van der Waals surface area contributed by atoms with Crippen LogP contribution in [-0.4, -0.2) is 34.3 Å². The van der Waals surface area contributed by atoms with E-state index < -0.39 is 5.41 Å². The van der Waals surface area contributed by atoms with Crippen LogP contribution in [-0.2, 0) is 16.1 Å². The summed E-state index contributed by atoms with van der Waals surface area (Å²) in [6.07, 6.45) is 7.56. The standard InChI is InChI=1S/C18H27N3O2/c1-4-15-7-5-6-12-21(15)17(23)18(2,3)16(22)20-13-14-8-10-19-11-9-14/h8-11,15H,4-7,12-13H2,1-3H3,(H,20,22). The summed E-state index contributed by atoms with van der Waals surface area (Å²) in [6.45, 7) is 6.72. The molecule has 0 spiro atoms. The van der Waals surface area contributed by atoms with Gasteiger partial charge in [0.15, 0.2) is 0 Å². The van der Waals surface area contributed by atoms with E-state index in [2.05, 4.69) is 17.2 Å². The van der Waals surface area contributed by atoms with Crippen LogP contribution in [0.25, 0.3) is 0 Å². The summed E-state index contributed by atoms with van der Waals surface area (Å²) in [5, 5.41) is 2.88. The largest absolute Gasteiger partial charge is 0.351 e. The Bertz CT molecular complexity index is 542. The molecule has 5 nitrogen and oxygen atoms in total. The highest BCUT2D eigenvalue weighted by Gasteiger charge is 2.41. The summed E-state index contributed by atoms with van der Waals surface area (Å²) in [5.74, 6) is -0.281. The van der Waals surface area contributed by atoms with Gasteiger partial charge >= 0.3 is 0 Å². The van der Waals surface area contributed by atoms with Crippen LogP contribution in [0.3, 0.4) is 0 Å². The third-order valence-electron chi connectivity index (χ3n) is 4.66. The fourth-order valence-corrected chi connectivity index (χ4v) is 3.05. The van der Waals surface area contributed by atoms with Crippen molar-refractivity contribution in [1.29, 1.82) is 0 Å². The molecule has 1 aliphatic heterocycles. The number of hydrogen-bond acceptors (Lipinski definition) is 3. The van der Waals surface area contributed by atoms with Crippen molar-refractivity contribution in [3.8, 4) is 0 Å². The number of rotatable bonds is 5. The highest BCUT2D eigenvalue weighted by molar-refractivity contribution is 6.04. The quantitative estimate of drug-likeness (QED) is 0.849. The number of nitrogens with zero attached hydrogens (tertiary/aromatic N) is 2. The number of hydrogen-bond donors (Lipinski definition) is 1. The minimum absolute atomic E-state index is 0.0590. The Hall–Kier alpha value is -1.91. The number of likely N-dealkylation sites (tertiary alicyclic amines) is 1. The Balaban J connectivity index is 2.00. The second-order valence-electron chi connectivity index (χ2n) is 6.72. The molecular weight excluding hydrogens is 290 g/mol. The maximum Gasteiger partial charge on any atom is 0.237 e. The molecule has 23 heavy (non-hydrogen) atoms. The van der Waals surface area contributed by atoms with Crippen molar-refractivity contribution in [1.82, 2.24) is 15.2 Å². The Kier molecular flexibility index (Phi) is 5.74. The topological polar surface area (TPSA) is 62.3 Å². The van der Waals surface area contributed by atoms with E-state index in [1.165, 1.54) is 0 Å². The summed E-state index contributed by atoms with van der Waals surface area (Å²) in [5.41, 5.74) is -0.0707. The molecule has 126 valence electrons. The van der Waals surface area contributed by atoms with Gasteiger partial charge in [0.1, 0.15) is 5.41 Å².